The van der Waals surface area contributed by atoms with Gasteiger partial charge in [0, 0.05) is 18.5 Å². The highest BCUT2D eigenvalue weighted by molar-refractivity contribution is 8.13. The quantitative estimate of drug-likeness (QED) is 0.692. The number of aliphatic imine (C=N–C) groups is 1. The molecule has 1 fully saturated rings. The highest BCUT2D eigenvalue weighted by Gasteiger charge is 2.25. The third-order valence-electron chi connectivity index (χ3n) is 3.61. The van der Waals surface area contributed by atoms with Gasteiger partial charge in [0.25, 0.3) is 5.91 Å². The van der Waals surface area contributed by atoms with Gasteiger partial charge in [0.1, 0.15) is 5.15 Å². The van der Waals surface area contributed by atoms with E-state index in [1.54, 1.807) is 22.7 Å². The van der Waals surface area contributed by atoms with Crippen LogP contribution in [0.25, 0.3) is 0 Å². The number of carbonyl (C=O) groups excluding carboxylic acids is 1. The van der Waals surface area contributed by atoms with Gasteiger partial charge in [0.2, 0.25) is 0 Å². The minimum Gasteiger partial charge on any atom is -0.287 e. The van der Waals surface area contributed by atoms with Gasteiger partial charge < -0.3 is 0 Å². The van der Waals surface area contributed by atoms with Crippen LogP contribution in [0.5, 0.6) is 0 Å². The molecule has 1 aromatic heterocycles. The minimum atomic E-state index is -0.166. The van der Waals surface area contributed by atoms with Crippen LogP contribution in [-0.2, 0) is 0 Å². The SMILES string of the molecule is Cc1ccccc1N=C1SCCCN1C(=O)c1cnc(Cl)c(Cl)c1. The summed E-state index contributed by atoms with van der Waals surface area (Å²) in [5, 5.41) is 1.16. The van der Waals surface area contributed by atoms with Crippen molar-refractivity contribution in [3.05, 3.63) is 57.8 Å². The van der Waals surface area contributed by atoms with Gasteiger partial charge in [0.05, 0.1) is 16.3 Å². The van der Waals surface area contributed by atoms with Gasteiger partial charge in [-0.3, -0.25) is 9.69 Å². The Morgan fingerprint density at radius 3 is 2.88 bits per heavy atom. The molecular formula is C17H15Cl2N3OS. The van der Waals surface area contributed by atoms with Gasteiger partial charge in [-0.05, 0) is 31.0 Å². The summed E-state index contributed by atoms with van der Waals surface area (Å²) < 4.78 is 0. The normalized spacial score (nSPS) is 16.5. The number of hydrogen-bond donors (Lipinski definition) is 0. The first-order valence-electron chi connectivity index (χ1n) is 7.46. The molecule has 0 atom stereocenters. The van der Waals surface area contributed by atoms with Gasteiger partial charge in [-0.1, -0.05) is 53.2 Å². The van der Waals surface area contributed by atoms with Gasteiger partial charge in [-0.15, -0.1) is 0 Å². The summed E-state index contributed by atoms with van der Waals surface area (Å²) >= 11 is 13.4. The molecule has 2 aromatic rings. The number of rotatable bonds is 2. The lowest BCUT2D eigenvalue weighted by Crippen LogP contribution is -2.39. The average molecular weight is 380 g/mol. The topological polar surface area (TPSA) is 45.6 Å². The fourth-order valence-electron chi connectivity index (χ4n) is 2.33. The van der Waals surface area contributed by atoms with Crippen molar-refractivity contribution in [2.45, 2.75) is 13.3 Å². The maximum absolute atomic E-state index is 12.8. The van der Waals surface area contributed by atoms with Crippen LogP contribution in [0, 0.1) is 6.92 Å². The molecule has 2 heterocycles. The van der Waals surface area contributed by atoms with Crippen LogP contribution in [0.2, 0.25) is 10.2 Å². The van der Waals surface area contributed by atoms with Crippen molar-refractivity contribution in [3.8, 4) is 0 Å². The molecular weight excluding hydrogens is 365 g/mol. The van der Waals surface area contributed by atoms with E-state index in [4.69, 9.17) is 28.2 Å². The lowest BCUT2D eigenvalue weighted by molar-refractivity contribution is 0.0849. The van der Waals surface area contributed by atoms with Crippen molar-refractivity contribution in [3.63, 3.8) is 0 Å². The number of pyridine rings is 1. The molecule has 124 valence electrons. The molecule has 7 heteroatoms. The first kappa shape index (κ1) is 17.3. The van der Waals surface area contributed by atoms with Crippen LogP contribution in [0.4, 0.5) is 5.69 Å². The predicted molar refractivity (Wildman–Crippen MR) is 101 cm³/mol. The Kier molecular flexibility index (Phi) is 5.43. The number of hydrogen-bond acceptors (Lipinski definition) is 4. The summed E-state index contributed by atoms with van der Waals surface area (Å²) in [5.41, 5.74) is 2.34. The standard InChI is InChI=1S/C17H15Cl2N3OS/c1-11-5-2-3-6-14(11)21-17-22(7-4-8-24-17)16(23)12-9-13(18)15(19)20-10-12/h2-3,5-6,9-10H,4,7-8H2,1H3. The van der Waals surface area contributed by atoms with Crippen LogP contribution in [0.15, 0.2) is 41.5 Å². The van der Waals surface area contributed by atoms with Crippen LogP contribution >= 0.6 is 35.0 Å². The van der Waals surface area contributed by atoms with Gasteiger partial charge in [-0.2, -0.15) is 0 Å². The number of aryl methyl sites for hydroxylation is 1. The molecule has 0 saturated carbocycles. The van der Waals surface area contributed by atoms with Crippen LogP contribution in [0.1, 0.15) is 22.3 Å². The smallest absolute Gasteiger partial charge is 0.261 e. The molecule has 0 N–H and O–H groups in total. The zero-order valence-electron chi connectivity index (χ0n) is 13.0. The molecule has 0 bridgehead atoms. The summed E-state index contributed by atoms with van der Waals surface area (Å²) in [6.45, 7) is 2.62. The molecule has 1 aromatic carbocycles. The third kappa shape index (κ3) is 3.74. The summed E-state index contributed by atoms with van der Waals surface area (Å²) in [6.07, 6.45) is 2.36. The zero-order chi connectivity index (χ0) is 17.1. The van der Waals surface area contributed by atoms with E-state index in [0.29, 0.717) is 17.3 Å². The first-order chi connectivity index (χ1) is 11.6. The molecule has 24 heavy (non-hydrogen) atoms. The molecule has 1 amide bonds. The minimum absolute atomic E-state index is 0.166. The van der Waals surface area contributed by atoms with E-state index < -0.39 is 0 Å². The highest BCUT2D eigenvalue weighted by Crippen LogP contribution is 2.27. The van der Waals surface area contributed by atoms with E-state index in [2.05, 4.69) is 4.98 Å². The molecule has 0 aliphatic carbocycles. The summed E-state index contributed by atoms with van der Waals surface area (Å²) in [5.74, 6) is 0.772. The number of carbonyl (C=O) groups is 1. The second-order valence-electron chi connectivity index (χ2n) is 5.34. The third-order valence-corrected chi connectivity index (χ3v) is 5.36. The first-order valence-corrected chi connectivity index (χ1v) is 9.20. The monoisotopic (exact) mass is 379 g/mol. The van der Waals surface area contributed by atoms with Crippen molar-refractivity contribution in [2.24, 2.45) is 4.99 Å². The number of halogens is 2. The Morgan fingerprint density at radius 1 is 1.33 bits per heavy atom. The lowest BCUT2D eigenvalue weighted by Gasteiger charge is -2.28. The summed E-state index contributed by atoms with van der Waals surface area (Å²) in [7, 11) is 0. The fourth-order valence-corrected chi connectivity index (χ4v) is 3.55. The maximum Gasteiger partial charge on any atom is 0.261 e. The van der Waals surface area contributed by atoms with Crippen molar-refractivity contribution in [2.75, 3.05) is 12.3 Å². The van der Waals surface area contributed by atoms with Crippen molar-refractivity contribution >= 4 is 51.7 Å². The number of thioether (sulfide) groups is 1. The van der Waals surface area contributed by atoms with Gasteiger partial charge >= 0.3 is 0 Å². The number of nitrogens with zero attached hydrogens (tertiary/aromatic N) is 3. The highest BCUT2D eigenvalue weighted by atomic mass is 35.5. The largest absolute Gasteiger partial charge is 0.287 e. The average Bonchev–Trinajstić information content (AvgIpc) is 2.59. The molecule has 0 unspecified atom stereocenters. The maximum atomic E-state index is 12.8. The Bertz CT molecular complexity index is 810. The molecule has 0 radical (unpaired) electrons. The van der Waals surface area contributed by atoms with Crippen LogP contribution < -0.4 is 0 Å². The van der Waals surface area contributed by atoms with Gasteiger partial charge in [-0.25, -0.2) is 9.98 Å². The van der Waals surface area contributed by atoms with E-state index in [-0.39, 0.29) is 16.1 Å². The number of amides is 1. The Labute approximate surface area is 154 Å². The lowest BCUT2D eigenvalue weighted by atomic mass is 10.2. The van der Waals surface area contributed by atoms with Crippen molar-refractivity contribution < 1.29 is 4.79 Å². The van der Waals surface area contributed by atoms with Crippen molar-refractivity contribution in [1.82, 2.24) is 9.88 Å². The van der Waals surface area contributed by atoms with Crippen molar-refractivity contribution in [1.29, 1.82) is 0 Å². The summed E-state index contributed by atoms with van der Waals surface area (Å²) in [4.78, 5) is 23.2. The van der Waals surface area contributed by atoms with E-state index in [0.717, 1.165) is 23.4 Å². The summed E-state index contributed by atoms with van der Waals surface area (Å²) in [6, 6.07) is 9.40. The second-order valence-corrected chi connectivity index (χ2v) is 7.16. The Hall–Kier alpha value is -1.56. The molecule has 1 aliphatic heterocycles. The fraction of sp³-hybridized carbons (Fsp3) is 0.235. The number of aromatic nitrogens is 1. The van der Waals surface area contributed by atoms with E-state index >= 15 is 0 Å². The number of amidine groups is 1. The molecule has 1 saturated heterocycles. The van der Waals surface area contributed by atoms with Gasteiger partial charge in [0.15, 0.2) is 5.17 Å². The molecule has 3 rings (SSSR count). The van der Waals surface area contributed by atoms with E-state index in [9.17, 15) is 4.79 Å². The molecule has 1 aliphatic rings. The number of para-hydroxylation sites is 1. The zero-order valence-corrected chi connectivity index (χ0v) is 15.3. The number of benzene rings is 1. The Morgan fingerprint density at radius 2 is 2.12 bits per heavy atom. The van der Waals surface area contributed by atoms with Crippen LogP contribution in [0.3, 0.4) is 0 Å². The molecule has 4 nitrogen and oxygen atoms in total. The van der Waals surface area contributed by atoms with E-state index in [1.807, 2.05) is 31.2 Å². The predicted octanol–water partition coefficient (Wildman–Crippen LogP) is 4.96. The Balaban J connectivity index is 1.93. The molecule has 0 spiro atoms. The van der Waals surface area contributed by atoms with E-state index in [1.165, 1.54) is 6.20 Å². The van der Waals surface area contributed by atoms with Crippen LogP contribution in [-0.4, -0.2) is 33.3 Å². The second kappa shape index (κ2) is 7.55.